The molecule has 0 spiro atoms. The van der Waals surface area contributed by atoms with Gasteiger partial charge in [0.2, 0.25) is 0 Å². The molecular weight excluding hydrogens is 430 g/mol. The molecule has 8 heteroatoms. The molecule has 2 aromatic carbocycles. The number of nitrogens with zero attached hydrogens (tertiary/aromatic N) is 4. The predicted molar refractivity (Wildman–Crippen MR) is 128 cm³/mol. The zero-order chi connectivity index (χ0) is 23.5. The number of hydrogen-bond donors (Lipinski definition) is 2. The third-order valence-electron chi connectivity index (χ3n) is 5.98. The van der Waals surface area contributed by atoms with E-state index in [-0.39, 0.29) is 24.5 Å². The van der Waals surface area contributed by atoms with E-state index in [1.165, 1.54) is 0 Å². The van der Waals surface area contributed by atoms with Gasteiger partial charge >= 0.3 is 6.09 Å². The number of carbonyl (C=O) groups excluding carboxylic acids is 1. The van der Waals surface area contributed by atoms with Crippen LogP contribution in [-0.4, -0.2) is 45.3 Å². The number of pyridine rings is 1. The quantitative estimate of drug-likeness (QED) is 0.475. The van der Waals surface area contributed by atoms with Gasteiger partial charge in [0.1, 0.15) is 24.2 Å². The largest absolute Gasteiger partial charge is 0.513 e. The SMILES string of the molecule is Cc1ccc2c(N3CC[C@@H]([NH2+]C(=O)OCc4cccnc4)C3)nc(-c3ccccc3O)nc2c1. The van der Waals surface area contributed by atoms with Crippen LogP contribution in [-0.2, 0) is 11.3 Å². The second kappa shape index (κ2) is 9.44. The minimum atomic E-state index is -0.325. The lowest BCUT2D eigenvalue weighted by Crippen LogP contribution is -2.93. The van der Waals surface area contributed by atoms with Gasteiger partial charge in [0.25, 0.3) is 0 Å². The number of quaternary nitrogens is 1. The molecule has 3 heterocycles. The number of benzene rings is 2. The number of hydrogen-bond acceptors (Lipinski definition) is 7. The van der Waals surface area contributed by atoms with E-state index in [2.05, 4.69) is 9.88 Å². The van der Waals surface area contributed by atoms with Crippen molar-refractivity contribution in [3.63, 3.8) is 0 Å². The summed E-state index contributed by atoms with van der Waals surface area (Å²) in [5.41, 5.74) is 3.38. The fourth-order valence-corrected chi connectivity index (χ4v) is 4.24. The molecule has 8 nitrogen and oxygen atoms in total. The monoisotopic (exact) mass is 456 g/mol. The van der Waals surface area contributed by atoms with Gasteiger partial charge in [-0.2, -0.15) is 4.79 Å². The van der Waals surface area contributed by atoms with Crippen LogP contribution in [0, 0.1) is 6.92 Å². The van der Waals surface area contributed by atoms with E-state index < -0.39 is 0 Å². The zero-order valence-corrected chi connectivity index (χ0v) is 18.9. The van der Waals surface area contributed by atoms with Gasteiger partial charge in [-0.3, -0.25) is 4.98 Å². The van der Waals surface area contributed by atoms with Crippen LogP contribution in [0.25, 0.3) is 22.3 Å². The summed E-state index contributed by atoms with van der Waals surface area (Å²) in [6.45, 7) is 3.65. The smallest absolute Gasteiger partial charge is 0.507 e. The molecule has 0 unspecified atom stereocenters. The Morgan fingerprint density at radius 3 is 2.88 bits per heavy atom. The molecule has 1 saturated heterocycles. The highest BCUT2D eigenvalue weighted by Crippen LogP contribution is 2.32. The summed E-state index contributed by atoms with van der Waals surface area (Å²) in [5.74, 6) is 1.43. The number of aromatic nitrogens is 3. The highest BCUT2D eigenvalue weighted by atomic mass is 16.5. The number of carbonyl (C=O) groups is 1. The van der Waals surface area contributed by atoms with E-state index in [0.29, 0.717) is 17.9 Å². The molecule has 1 amide bonds. The molecule has 1 fully saturated rings. The van der Waals surface area contributed by atoms with Crippen molar-refractivity contribution in [1.82, 2.24) is 15.0 Å². The van der Waals surface area contributed by atoms with Gasteiger partial charge in [0.15, 0.2) is 5.82 Å². The second-order valence-corrected chi connectivity index (χ2v) is 8.54. The van der Waals surface area contributed by atoms with Crippen LogP contribution in [0.1, 0.15) is 17.5 Å². The normalized spacial score (nSPS) is 15.6. The summed E-state index contributed by atoms with van der Waals surface area (Å²) in [5, 5.41) is 13.0. The van der Waals surface area contributed by atoms with Crippen molar-refractivity contribution in [3.8, 4) is 17.1 Å². The first-order valence-corrected chi connectivity index (χ1v) is 11.3. The summed E-state index contributed by atoms with van der Waals surface area (Å²) in [7, 11) is 0. The zero-order valence-electron chi connectivity index (χ0n) is 18.9. The van der Waals surface area contributed by atoms with Crippen molar-refractivity contribution in [2.24, 2.45) is 0 Å². The number of ether oxygens (including phenoxy) is 1. The lowest BCUT2D eigenvalue weighted by molar-refractivity contribution is -0.604. The Morgan fingerprint density at radius 2 is 2.06 bits per heavy atom. The van der Waals surface area contributed by atoms with Crippen LogP contribution in [0.5, 0.6) is 5.75 Å². The van der Waals surface area contributed by atoms with Crippen molar-refractivity contribution in [3.05, 3.63) is 78.1 Å². The van der Waals surface area contributed by atoms with Gasteiger partial charge in [-0.15, -0.1) is 0 Å². The summed E-state index contributed by atoms with van der Waals surface area (Å²) >= 11 is 0. The predicted octanol–water partition coefficient (Wildman–Crippen LogP) is 3.18. The van der Waals surface area contributed by atoms with Gasteiger partial charge in [0.05, 0.1) is 17.6 Å². The Morgan fingerprint density at radius 1 is 1.18 bits per heavy atom. The highest BCUT2D eigenvalue weighted by Gasteiger charge is 2.30. The van der Waals surface area contributed by atoms with Gasteiger partial charge < -0.3 is 14.7 Å². The van der Waals surface area contributed by atoms with Crippen molar-refractivity contribution < 1.29 is 20.0 Å². The maximum Gasteiger partial charge on any atom is 0.513 e. The fraction of sp³-hybridized carbons (Fsp3) is 0.231. The van der Waals surface area contributed by atoms with Crippen molar-refractivity contribution in [1.29, 1.82) is 0 Å². The lowest BCUT2D eigenvalue weighted by atomic mass is 10.1. The van der Waals surface area contributed by atoms with Gasteiger partial charge in [0, 0.05) is 36.3 Å². The van der Waals surface area contributed by atoms with Gasteiger partial charge in [-0.05, 0) is 42.8 Å². The molecule has 2 aromatic heterocycles. The number of phenols is 1. The summed E-state index contributed by atoms with van der Waals surface area (Å²) in [6.07, 6.45) is 3.88. The minimum absolute atomic E-state index is 0.0606. The van der Waals surface area contributed by atoms with Crippen LogP contribution in [0.15, 0.2) is 67.0 Å². The van der Waals surface area contributed by atoms with E-state index in [1.54, 1.807) is 29.8 Å². The van der Waals surface area contributed by atoms with Gasteiger partial charge in [-0.25, -0.2) is 15.3 Å². The summed E-state index contributed by atoms with van der Waals surface area (Å²) < 4.78 is 5.40. The van der Waals surface area contributed by atoms with Crippen LogP contribution < -0.4 is 10.2 Å². The third kappa shape index (κ3) is 4.67. The first kappa shape index (κ1) is 21.8. The number of nitrogens with two attached hydrogens (primary N) is 1. The van der Waals surface area contributed by atoms with E-state index >= 15 is 0 Å². The Hall–Kier alpha value is -4.04. The highest BCUT2D eigenvalue weighted by molar-refractivity contribution is 5.92. The van der Waals surface area contributed by atoms with E-state index in [9.17, 15) is 9.90 Å². The van der Waals surface area contributed by atoms with Crippen molar-refractivity contribution >= 4 is 22.8 Å². The standard InChI is InChI=1S/C26H25N5O3/c1-17-8-9-20-22(13-17)29-24(21-6-2-3-7-23(21)32)30-25(20)31-12-10-19(15-31)28-26(33)34-16-18-5-4-11-27-14-18/h2-9,11,13-14,19,32H,10,12,15-16H2,1H3,(H,28,33)/p+1/t19-/m1/s1. The molecule has 172 valence electrons. The topological polar surface area (TPSA) is 105 Å². The molecule has 34 heavy (non-hydrogen) atoms. The molecule has 1 aliphatic rings. The number of fused-ring (bicyclic) bond motifs is 1. The first-order valence-electron chi connectivity index (χ1n) is 11.3. The number of rotatable bonds is 5. The molecule has 0 bridgehead atoms. The number of phenolic OH excluding ortho intramolecular Hbond substituents is 1. The average Bonchev–Trinajstić information content (AvgIpc) is 3.31. The number of amides is 1. The number of para-hydroxylation sites is 1. The van der Waals surface area contributed by atoms with Crippen LogP contribution in [0.2, 0.25) is 0 Å². The molecule has 0 radical (unpaired) electrons. The minimum Gasteiger partial charge on any atom is -0.507 e. The molecule has 1 atom stereocenters. The molecule has 3 N–H and O–H groups in total. The molecule has 0 aliphatic carbocycles. The molecular formula is C26H26N5O3+. The second-order valence-electron chi connectivity index (χ2n) is 8.54. The van der Waals surface area contributed by atoms with Crippen LogP contribution >= 0.6 is 0 Å². The molecule has 0 saturated carbocycles. The maximum absolute atomic E-state index is 12.4. The maximum atomic E-state index is 12.4. The lowest BCUT2D eigenvalue weighted by Gasteiger charge is -2.20. The van der Waals surface area contributed by atoms with E-state index in [4.69, 9.17) is 14.7 Å². The van der Waals surface area contributed by atoms with Crippen LogP contribution in [0.4, 0.5) is 10.6 Å². The van der Waals surface area contributed by atoms with Crippen molar-refractivity contribution in [2.75, 3.05) is 18.0 Å². The fourth-order valence-electron chi connectivity index (χ4n) is 4.24. The number of primary amides is 1. The summed E-state index contributed by atoms with van der Waals surface area (Å²) in [4.78, 5) is 28.2. The third-order valence-corrected chi connectivity index (χ3v) is 5.98. The Bertz CT molecular complexity index is 1330. The van der Waals surface area contributed by atoms with Gasteiger partial charge in [-0.1, -0.05) is 24.3 Å². The Balaban J connectivity index is 1.35. The molecule has 1 aliphatic heterocycles. The molecule has 4 aromatic rings. The number of aryl methyl sites for hydroxylation is 1. The first-order chi connectivity index (χ1) is 16.6. The van der Waals surface area contributed by atoms with E-state index in [0.717, 1.165) is 40.8 Å². The summed E-state index contributed by atoms with van der Waals surface area (Å²) in [6, 6.07) is 16.9. The van der Waals surface area contributed by atoms with E-state index in [1.807, 2.05) is 49.4 Å². The number of anilines is 1. The Kier molecular flexibility index (Phi) is 6.05. The Labute approximate surface area is 197 Å². The number of aromatic hydroxyl groups is 1. The van der Waals surface area contributed by atoms with Crippen LogP contribution in [0.3, 0.4) is 0 Å². The average molecular weight is 457 g/mol. The molecule has 5 rings (SSSR count). The van der Waals surface area contributed by atoms with Crippen molar-refractivity contribution in [2.45, 2.75) is 26.0 Å².